The highest BCUT2D eigenvalue weighted by Gasteiger charge is 2.20. The molecule has 1 amide bonds. The molecule has 0 radical (unpaired) electrons. The second-order valence-corrected chi connectivity index (χ2v) is 8.47. The average molecular weight is 395 g/mol. The second-order valence-electron chi connectivity index (χ2n) is 7.44. The monoisotopic (exact) mass is 394 g/mol. The summed E-state index contributed by atoms with van der Waals surface area (Å²) in [5.41, 5.74) is 2.74. The van der Waals surface area contributed by atoms with E-state index in [2.05, 4.69) is 32.8 Å². The van der Waals surface area contributed by atoms with Gasteiger partial charge in [0.2, 0.25) is 0 Å². The van der Waals surface area contributed by atoms with Crippen LogP contribution < -0.4 is 5.32 Å². The van der Waals surface area contributed by atoms with Gasteiger partial charge >= 0.3 is 0 Å². The number of hydrogen-bond acceptors (Lipinski definition) is 4. The van der Waals surface area contributed by atoms with Gasteiger partial charge in [-0.15, -0.1) is 11.3 Å². The Morgan fingerprint density at radius 2 is 1.96 bits per heavy atom. The van der Waals surface area contributed by atoms with Crippen molar-refractivity contribution in [1.29, 1.82) is 0 Å². The molecule has 1 aliphatic rings. The van der Waals surface area contributed by atoms with Crippen LogP contribution in [-0.4, -0.2) is 40.2 Å². The van der Waals surface area contributed by atoms with Crippen LogP contribution in [0, 0.1) is 12.8 Å². The summed E-state index contributed by atoms with van der Waals surface area (Å²) in [6.07, 6.45) is 4.06. The van der Waals surface area contributed by atoms with E-state index in [1.165, 1.54) is 4.88 Å². The van der Waals surface area contributed by atoms with Crippen LogP contribution in [0.4, 0.5) is 0 Å². The second kappa shape index (κ2) is 8.71. The summed E-state index contributed by atoms with van der Waals surface area (Å²) in [6, 6.07) is 13.9. The van der Waals surface area contributed by atoms with Gasteiger partial charge in [-0.2, -0.15) is 5.10 Å². The molecule has 6 heteroatoms. The van der Waals surface area contributed by atoms with E-state index in [4.69, 9.17) is 0 Å². The maximum absolute atomic E-state index is 12.5. The summed E-state index contributed by atoms with van der Waals surface area (Å²) in [6.45, 7) is 6.04. The summed E-state index contributed by atoms with van der Waals surface area (Å²) >= 11 is 1.83. The standard InChI is InChI=1S/C22H26N4OS/c1-17-8-11-24-26(17)20-6-4-19(5-7-20)22(27)23-15-18-9-12-25(13-10-18)16-21-3-2-14-28-21/h2-8,11,14,18H,9-10,12-13,15-16H2,1H3,(H,23,27). The van der Waals surface area contributed by atoms with Crippen molar-refractivity contribution in [3.05, 3.63) is 70.2 Å². The average Bonchev–Trinajstić information content (AvgIpc) is 3.39. The molecule has 1 aliphatic heterocycles. The number of rotatable bonds is 6. The van der Waals surface area contributed by atoms with Gasteiger partial charge in [0.1, 0.15) is 0 Å². The molecular weight excluding hydrogens is 368 g/mol. The number of amides is 1. The molecule has 3 aromatic rings. The molecule has 0 spiro atoms. The number of aromatic nitrogens is 2. The molecule has 1 fully saturated rings. The van der Waals surface area contributed by atoms with E-state index in [9.17, 15) is 4.79 Å². The van der Waals surface area contributed by atoms with Crippen LogP contribution in [0.5, 0.6) is 0 Å². The Kier molecular flexibility index (Phi) is 5.88. The molecule has 1 aromatic carbocycles. The van der Waals surface area contributed by atoms with Gasteiger partial charge in [-0.25, -0.2) is 4.68 Å². The molecule has 5 nitrogen and oxygen atoms in total. The van der Waals surface area contributed by atoms with E-state index in [0.29, 0.717) is 11.5 Å². The summed E-state index contributed by atoms with van der Waals surface area (Å²) in [5, 5.41) is 9.56. The lowest BCUT2D eigenvalue weighted by atomic mass is 9.96. The maximum atomic E-state index is 12.5. The van der Waals surface area contributed by atoms with Crippen molar-refractivity contribution in [2.45, 2.75) is 26.3 Å². The van der Waals surface area contributed by atoms with Crippen molar-refractivity contribution >= 4 is 17.2 Å². The van der Waals surface area contributed by atoms with Crippen LogP contribution in [0.3, 0.4) is 0 Å². The molecule has 2 aromatic heterocycles. The first-order chi connectivity index (χ1) is 13.7. The van der Waals surface area contributed by atoms with Gasteiger partial charge in [-0.3, -0.25) is 9.69 Å². The van der Waals surface area contributed by atoms with Crippen molar-refractivity contribution < 1.29 is 4.79 Å². The molecule has 0 unspecified atom stereocenters. The van der Waals surface area contributed by atoms with Gasteiger partial charge in [-0.1, -0.05) is 6.07 Å². The van der Waals surface area contributed by atoms with Gasteiger partial charge < -0.3 is 5.32 Å². The molecule has 4 rings (SSSR count). The number of hydrogen-bond donors (Lipinski definition) is 1. The summed E-state index contributed by atoms with van der Waals surface area (Å²) in [5.74, 6) is 0.569. The molecule has 1 saturated heterocycles. The van der Waals surface area contributed by atoms with Gasteiger partial charge in [0, 0.05) is 35.4 Å². The van der Waals surface area contributed by atoms with Gasteiger partial charge in [-0.05, 0) is 80.6 Å². The molecule has 0 saturated carbocycles. The molecule has 28 heavy (non-hydrogen) atoms. The quantitative estimate of drug-likeness (QED) is 0.690. The number of thiophene rings is 1. The summed E-state index contributed by atoms with van der Waals surface area (Å²) in [7, 11) is 0. The Labute approximate surface area is 170 Å². The number of likely N-dealkylation sites (tertiary alicyclic amines) is 1. The Morgan fingerprint density at radius 1 is 1.18 bits per heavy atom. The van der Waals surface area contributed by atoms with Crippen molar-refractivity contribution in [3.63, 3.8) is 0 Å². The summed E-state index contributed by atoms with van der Waals surface area (Å²) in [4.78, 5) is 16.4. The molecule has 0 atom stereocenters. The van der Waals surface area contributed by atoms with E-state index < -0.39 is 0 Å². The molecule has 146 valence electrons. The Balaban J connectivity index is 1.24. The van der Waals surface area contributed by atoms with Crippen LogP contribution in [-0.2, 0) is 6.54 Å². The molecule has 1 N–H and O–H groups in total. The van der Waals surface area contributed by atoms with Crippen molar-refractivity contribution in [2.75, 3.05) is 19.6 Å². The molecule has 0 bridgehead atoms. The first-order valence-corrected chi connectivity index (χ1v) is 10.7. The van der Waals surface area contributed by atoms with E-state index >= 15 is 0 Å². The van der Waals surface area contributed by atoms with E-state index in [-0.39, 0.29) is 5.91 Å². The zero-order valence-corrected chi connectivity index (χ0v) is 17.0. The zero-order valence-electron chi connectivity index (χ0n) is 16.2. The Bertz CT molecular complexity index is 893. The number of piperidine rings is 1. The summed E-state index contributed by atoms with van der Waals surface area (Å²) < 4.78 is 1.87. The van der Waals surface area contributed by atoms with Gasteiger partial charge in [0.15, 0.2) is 0 Å². The predicted octanol–water partition coefficient (Wildman–Crippen LogP) is 3.88. The predicted molar refractivity (Wildman–Crippen MR) is 113 cm³/mol. The number of carbonyl (C=O) groups is 1. The van der Waals surface area contributed by atoms with Crippen molar-refractivity contribution in [3.8, 4) is 5.69 Å². The fourth-order valence-corrected chi connectivity index (χ4v) is 4.45. The highest BCUT2D eigenvalue weighted by molar-refractivity contribution is 7.09. The normalized spacial score (nSPS) is 15.6. The minimum absolute atomic E-state index is 0.00440. The number of nitrogens with one attached hydrogen (secondary N) is 1. The fourth-order valence-electron chi connectivity index (χ4n) is 3.70. The Morgan fingerprint density at radius 3 is 2.61 bits per heavy atom. The molecule has 3 heterocycles. The third-order valence-corrected chi connectivity index (χ3v) is 6.29. The lowest BCUT2D eigenvalue weighted by Gasteiger charge is -2.31. The lowest BCUT2D eigenvalue weighted by molar-refractivity contribution is 0.0935. The minimum Gasteiger partial charge on any atom is -0.352 e. The third-order valence-electron chi connectivity index (χ3n) is 5.42. The smallest absolute Gasteiger partial charge is 0.251 e. The SMILES string of the molecule is Cc1ccnn1-c1ccc(C(=O)NCC2CCN(Cc3cccs3)CC2)cc1. The molecule has 0 aliphatic carbocycles. The lowest BCUT2D eigenvalue weighted by Crippen LogP contribution is -2.38. The van der Waals surface area contributed by atoms with Crippen LogP contribution in [0.2, 0.25) is 0 Å². The first-order valence-electron chi connectivity index (χ1n) is 9.83. The minimum atomic E-state index is 0.00440. The number of benzene rings is 1. The van der Waals surface area contributed by atoms with Crippen molar-refractivity contribution in [1.82, 2.24) is 20.0 Å². The largest absolute Gasteiger partial charge is 0.352 e. The van der Waals surface area contributed by atoms with Gasteiger partial charge in [0.25, 0.3) is 5.91 Å². The number of carbonyl (C=O) groups excluding carboxylic acids is 1. The first kappa shape index (κ1) is 18.9. The fraction of sp³-hybridized carbons (Fsp3) is 0.364. The number of aryl methyl sites for hydroxylation is 1. The van der Waals surface area contributed by atoms with Crippen LogP contribution in [0.25, 0.3) is 5.69 Å². The van der Waals surface area contributed by atoms with E-state index in [1.54, 1.807) is 6.20 Å². The van der Waals surface area contributed by atoms with E-state index in [0.717, 1.165) is 50.4 Å². The zero-order chi connectivity index (χ0) is 19.3. The van der Waals surface area contributed by atoms with Crippen LogP contribution in [0.1, 0.15) is 33.8 Å². The van der Waals surface area contributed by atoms with Crippen molar-refractivity contribution in [2.24, 2.45) is 5.92 Å². The molecular formula is C22H26N4OS. The topological polar surface area (TPSA) is 50.2 Å². The van der Waals surface area contributed by atoms with Crippen LogP contribution >= 0.6 is 11.3 Å². The third kappa shape index (κ3) is 4.51. The highest BCUT2D eigenvalue weighted by atomic mass is 32.1. The van der Waals surface area contributed by atoms with Gasteiger partial charge in [0.05, 0.1) is 5.69 Å². The van der Waals surface area contributed by atoms with Crippen LogP contribution in [0.15, 0.2) is 54.0 Å². The number of nitrogens with zero attached hydrogens (tertiary/aromatic N) is 3. The maximum Gasteiger partial charge on any atom is 0.251 e. The Hall–Kier alpha value is -2.44. The highest BCUT2D eigenvalue weighted by Crippen LogP contribution is 2.20. The van der Waals surface area contributed by atoms with E-state index in [1.807, 2.05) is 53.3 Å².